The number of likely N-dealkylation sites (N-methyl/N-ethyl adjacent to an activating group) is 1. The highest BCUT2D eigenvalue weighted by Crippen LogP contribution is 2.04. The molecule has 0 aromatic rings. The first-order valence-electron chi connectivity index (χ1n) is 11.0. The SMILES string of the molecule is CCN(CCN(CCN(CCN(CC(=O)O)CC(C(=O)O)C(=O)O)CC(=O)O)CC(=O)O)CC(=O)O. The Morgan fingerprint density at radius 1 is 0.500 bits per heavy atom. The maximum atomic E-state index is 11.3. The Balaban J connectivity index is 5.27. The second-order valence-electron chi connectivity index (χ2n) is 7.96. The molecule has 0 saturated heterocycles. The van der Waals surface area contributed by atoms with E-state index in [2.05, 4.69) is 0 Å². The molecule has 16 nitrogen and oxygen atoms in total. The van der Waals surface area contributed by atoms with Crippen molar-refractivity contribution in [2.24, 2.45) is 5.92 Å². The fraction of sp³-hybridized carbons (Fsp3) is 0.700. The molecule has 36 heavy (non-hydrogen) atoms. The highest BCUT2D eigenvalue weighted by Gasteiger charge is 2.29. The van der Waals surface area contributed by atoms with Crippen LogP contribution in [0.2, 0.25) is 0 Å². The quantitative estimate of drug-likeness (QED) is 0.0795. The summed E-state index contributed by atoms with van der Waals surface area (Å²) in [7, 11) is 0. The molecule has 0 aliphatic heterocycles. The standard InChI is InChI=1S/C20H34N4O12/c1-2-21(10-15(25)26)3-4-22(11-16(27)28)5-6-23(12-17(29)30)7-8-24(13-18(31)32)9-14(19(33)34)20(35)36/h14H,2-13H2,1H3,(H,25,26)(H,27,28)(H,29,30)(H,31,32)(H,33,34)(H,35,36). The molecule has 0 radical (unpaired) electrons. The topological polar surface area (TPSA) is 237 Å². The van der Waals surface area contributed by atoms with Crippen molar-refractivity contribution >= 4 is 35.8 Å². The molecule has 0 spiro atoms. The Morgan fingerprint density at radius 2 is 0.778 bits per heavy atom. The summed E-state index contributed by atoms with van der Waals surface area (Å²) < 4.78 is 0. The number of nitrogens with zero attached hydrogens (tertiary/aromatic N) is 4. The molecule has 0 unspecified atom stereocenters. The third kappa shape index (κ3) is 15.5. The first-order chi connectivity index (χ1) is 16.7. The molecule has 0 aromatic carbocycles. The van der Waals surface area contributed by atoms with Crippen LogP contribution in [-0.2, 0) is 28.8 Å². The van der Waals surface area contributed by atoms with Crippen LogP contribution in [0.4, 0.5) is 0 Å². The van der Waals surface area contributed by atoms with Gasteiger partial charge in [-0.1, -0.05) is 6.92 Å². The summed E-state index contributed by atoms with van der Waals surface area (Å²) in [4.78, 5) is 72.5. The largest absolute Gasteiger partial charge is 0.481 e. The molecule has 6 N–H and O–H groups in total. The van der Waals surface area contributed by atoms with Gasteiger partial charge in [0.2, 0.25) is 0 Å². The highest BCUT2D eigenvalue weighted by molar-refractivity contribution is 5.93. The molecule has 0 amide bonds. The van der Waals surface area contributed by atoms with Crippen molar-refractivity contribution in [2.75, 3.05) is 78.5 Å². The summed E-state index contributed by atoms with van der Waals surface area (Å²) in [5.41, 5.74) is 0. The van der Waals surface area contributed by atoms with E-state index in [0.29, 0.717) is 6.54 Å². The third-order valence-electron chi connectivity index (χ3n) is 5.12. The molecule has 0 heterocycles. The van der Waals surface area contributed by atoms with Gasteiger partial charge in [-0.2, -0.15) is 0 Å². The van der Waals surface area contributed by atoms with Gasteiger partial charge in [-0.25, -0.2) is 0 Å². The van der Waals surface area contributed by atoms with Crippen molar-refractivity contribution in [1.82, 2.24) is 19.6 Å². The van der Waals surface area contributed by atoms with Gasteiger partial charge in [0.25, 0.3) is 0 Å². The number of carbonyl (C=O) groups is 6. The molecule has 0 aliphatic rings. The lowest BCUT2D eigenvalue weighted by Gasteiger charge is -2.29. The maximum Gasteiger partial charge on any atom is 0.319 e. The van der Waals surface area contributed by atoms with E-state index >= 15 is 0 Å². The summed E-state index contributed by atoms with van der Waals surface area (Å²) in [6, 6.07) is 0. The van der Waals surface area contributed by atoms with Gasteiger partial charge in [-0.05, 0) is 6.54 Å². The van der Waals surface area contributed by atoms with Gasteiger partial charge in [0.1, 0.15) is 0 Å². The number of hydrogen-bond acceptors (Lipinski definition) is 10. The van der Waals surface area contributed by atoms with Crippen molar-refractivity contribution in [3.8, 4) is 0 Å². The Bertz CT molecular complexity index is 764. The van der Waals surface area contributed by atoms with Crippen LogP contribution in [-0.4, -0.2) is 165 Å². The van der Waals surface area contributed by atoms with Crippen LogP contribution >= 0.6 is 0 Å². The first-order valence-corrected chi connectivity index (χ1v) is 11.0. The minimum atomic E-state index is -1.88. The van der Waals surface area contributed by atoms with E-state index in [1.54, 1.807) is 11.8 Å². The minimum Gasteiger partial charge on any atom is -0.481 e. The molecular weight excluding hydrogens is 488 g/mol. The van der Waals surface area contributed by atoms with Gasteiger partial charge < -0.3 is 30.6 Å². The molecule has 0 saturated carbocycles. The van der Waals surface area contributed by atoms with E-state index in [0.717, 1.165) is 4.90 Å². The van der Waals surface area contributed by atoms with E-state index in [1.165, 1.54) is 9.80 Å². The van der Waals surface area contributed by atoms with Crippen molar-refractivity contribution < 1.29 is 59.4 Å². The molecule has 0 bridgehead atoms. The minimum absolute atomic E-state index is 0.0484. The second kappa shape index (κ2) is 17.1. The predicted molar refractivity (Wildman–Crippen MR) is 121 cm³/mol. The molecule has 16 heteroatoms. The smallest absolute Gasteiger partial charge is 0.319 e. The van der Waals surface area contributed by atoms with Crippen LogP contribution in [0.5, 0.6) is 0 Å². The van der Waals surface area contributed by atoms with E-state index in [1.807, 2.05) is 0 Å². The van der Waals surface area contributed by atoms with Crippen molar-refractivity contribution in [1.29, 1.82) is 0 Å². The molecule has 206 valence electrons. The van der Waals surface area contributed by atoms with E-state index < -0.39 is 61.4 Å². The average molecular weight is 523 g/mol. The van der Waals surface area contributed by atoms with Gasteiger partial charge in [-0.15, -0.1) is 0 Å². The van der Waals surface area contributed by atoms with Gasteiger partial charge in [0, 0.05) is 45.8 Å². The van der Waals surface area contributed by atoms with Crippen molar-refractivity contribution in [3.05, 3.63) is 0 Å². The second-order valence-corrected chi connectivity index (χ2v) is 7.96. The van der Waals surface area contributed by atoms with Gasteiger partial charge in [0.15, 0.2) is 5.92 Å². The molecule has 0 aliphatic carbocycles. The predicted octanol–water partition coefficient (Wildman–Crippen LogP) is -2.66. The van der Waals surface area contributed by atoms with Crippen molar-refractivity contribution in [3.63, 3.8) is 0 Å². The number of hydrogen-bond donors (Lipinski definition) is 6. The summed E-state index contributed by atoms with van der Waals surface area (Å²) in [5, 5.41) is 54.5. The summed E-state index contributed by atoms with van der Waals surface area (Å²) in [5.74, 6) is -9.88. The van der Waals surface area contributed by atoms with E-state index in [-0.39, 0.29) is 52.4 Å². The molecule has 0 atom stereocenters. The monoisotopic (exact) mass is 522 g/mol. The van der Waals surface area contributed by atoms with Crippen LogP contribution in [0.3, 0.4) is 0 Å². The van der Waals surface area contributed by atoms with Crippen LogP contribution in [0.15, 0.2) is 0 Å². The molecule has 0 aromatic heterocycles. The van der Waals surface area contributed by atoms with E-state index in [9.17, 15) is 39.0 Å². The Kier molecular flexibility index (Phi) is 15.6. The lowest BCUT2D eigenvalue weighted by molar-refractivity contribution is -0.156. The van der Waals surface area contributed by atoms with Crippen LogP contribution in [0, 0.1) is 5.92 Å². The normalized spacial score (nSPS) is 11.5. The number of carboxylic acids is 6. The first kappa shape index (κ1) is 32.7. The number of aliphatic carboxylic acids is 6. The molecule has 0 rings (SSSR count). The van der Waals surface area contributed by atoms with Crippen LogP contribution in [0.1, 0.15) is 6.92 Å². The Morgan fingerprint density at radius 3 is 1.08 bits per heavy atom. The summed E-state index contributed by atoms with van der Waals surface area (Å²) in [6.45, 7) is 0.179. The Labute approximate surface area is 206 Å². The summed E-state index contributed by atoms with van der Waals surface area (Å²) >= 11 is 0. The third-order valence-corrected chi connectivity index (χ3v) is 5.12. The zero-order chi connectivity index (χ0) is 27.8. The average Bonchev–Trinajstić information content (AvgIpc) is 2.73. The summed E-state index contributed by atoms with van der Waals surface area (Å²) in [6.07, 6.45) is 0. The fourth-order valence-electron chi connectivity index (χ4n) is 3.26. The highest BCUT2D eigenvalue weighted by atomic mass is 16.4. The lowest BCUT2D eigenvalue weighted by atomic mass is 10.1. The zero-order valence-electron chi connectivity index (χ0n) is 20.0. The van der Waals surface area contributed by atoms with Crippen LogP contribution < -0.4 is 0 Å². The van der Waals surface area contributed by atoms with E-state index in [4.69, 9.17) is 20.4 Å². The number of rotatable bonds is 22. The molecular formula is C20H34N4O12. The number of carboxylic acid groups (broad SMARTS) is 6. The fourth-order valence-corrected chi connectivity index (χ4v) is 3.26. The van der Waals surface area contributed by atoms with Gasteiger partial charge in [0.05, 0.1) is 26.2 Å². The van der Waals surface area contributed by atoms with Crippen LogP contribution in [0.25, 0.3) is 0 Å². The van der Waals surface area contributed by atoms with Gasteiger partial charge >= 0.3 is 35.8 Å². The lowest BCUT2D eigenvalue weighted by Crippen LogP contribution is -2.47. The Hall–Kier alpha value is -3.34. The molecule has 0 fully saturated rings. The maximum absolute atomic E-state index is 11.3. The van der Waals surface area contributed by atoms with Crippen molar-refractivity contribution in [2.45, 2.75) is 6.92 Å². The zero-order valence-corrected chi connectivity index (χ0v) is 20.0. The van der Waals surface area contributed by atoms with Gasteiger partial charge in [-0.3, -0.25) is 48.4 Å².